The van der Waals surface area contributed by atoms with Gasteiger partial charge in [0.05, 0.1) is 0 Å². The van der Waals surface area contributed by atoms with Crippen molar-refractivity contribution in [2.45, 2.75) is 18.8 Å². The van der Waals surface area contributed by atoms with E-state index < -0.39 is 18.8 Å². The van der Waals surface area contributed by atoms with E-state index in [4.69, 9.17) is 5.11 Å². The molecule has 6 heteroatoms. The predicted molar refractivity (Wildman–Crippen MR) is 73.5 cm³/mol. The van der Waals surface area contributed by atoms with Crippen molar-refractivity contribution in [1.29, 1.82) is 0 Å². The van der Waals surface area contributed by atoms with Gasteiger partial charge in [-0.2, -0.15) is 13.2 Å². The Morgan fingerprint density at radius 3 is 2.40 bits per heavy atom. The van der Waals surface area contributed by atoms with Gasteiger partial charge in [-0.15, -0.1) is 11.3 Å². The molecular weight excluding hydrogens is 287 g/mol. The number of hydrogen-bond donors (Lipinski definition) is 2. The lowest BCUT2D eigenvalue weighted by atomic mass is 10.1. The highest BCUT2D eigenvalue weighted by Crippen LogP contribution is 2.24. The lowest BCUT2D eigenvalue weighted by molar-refractivity contribution is -0.201. The van der Waals surface area contributed by atoms with Gasteiger partial charge in [0.1, 0.15) is 0 Å². The molecule has 0 aliphatic carbocycles. The lowest BCUT2D eigenvalue weighted by Crippen LogP contribution is -2.38. The molecule has 0 radical (unpaired) electrons. The molecule has 0 amide bonds. The van der Waals surface area contributed by atoms with Crippen LogP contribution < -0.4 is 5.32 Å². The number of rotatable bonds is 5. The number of thiophene rings is 1. The third-order valence-electron chi connectivity index (χ3n) is 2.80. The fourth-order valence-electron chi connectivity index (χ4n) is 1.70. The van der Waals surface area contributed by atoms with E-state index in [9.17, 15) is 13.2 Å². The van der Waals surface area contributed by atoms with Crippen molar-refractivity contribution < 1.29 is 18.3 Å². The number of aliphatic hydroxyl groups is 1. The molecule has 0 saturated carbocycles. The maximum absolute atomic E-state index is 12.1. The summed E-state index contributed by atoms with van der Waals surface area (Å²) in [4.78, 5) is 1.15. The summed E-state index contributed by atoms with van der Waals surface area (Å²) >= 11 is 1.63. The molecule has 0 bridgehead atoms. The fourth-order valence-corrected chi connectivity index (χ4v) is 2.43. The lowest BCUT2D eigenvalue weighted by Gasteiger charge is -2.15. The van der Waals surface area contributed by atoms with Crippen molar-refractivity contribution in [3.05, 3.63) is 47.3 Å². The largest absolute Gasteiger partial charge is 0.415 e. The van der Waals surface area contributed by atoms with E-state index in [2.05, 4.69) is 5.32 Å². The van der Waals surface area contributed by atoms with Crippen molar-refractivity contribution in [1.82, 2.24) is 5.32 Å². The zero-order chi connectivity index (χ0) is 14.6. The van der Waals surface area contributed by atoms with Gasteiger partial charge in [0.15, 0.2) is 6.10 Å². The molecule has 108 valence electrons. The smallest absolute Gasteiger partial charge is 0.382 e. The van der Waals surface area contributed by atoms with Gasteiger partial charge in [-0.1, -0.05) is 30.3 Å². The van der Waals surface area contributed by atoms with Gasteiger partial charge in [0.25, 0.3) is 0 Å². The fraction of sp³-hybridized carbons (Fsp3) is 0.286. The van der Waals surface area contributed by atoms with Crippen LogP contribution in [0.4, 0.5) is 13.2 Å². The first kappa shape index (κ1) is 15.0. The molecule has 0 aliphatic rings. The average Bonchev–Trinajstić information content (AvgIpc) is 2.92. The Kier molecular flexibility index (Phi) is 4.80. The van der Waals surface area contributed by atoms with Crippen LogP contribution in [0.25, 0.3) is 10.4 Å². The highest BCUT2D eigenvalue weighted by molar-refractivity contribution is 7.13. The Bertz CT molecular complexity index is 522. The van der Waals surface area contributed by atoms with Crippen LogP contribution in [0.3, 0.4) is 0 Å². The van der Waals surface area contributed by atoms with Gasteiger partial charge >= 0.3 is 6.18 Å². The summed E-state index contributed by atoms with van der Waals surface area (Å²) < 4.78 is 36.3. The Balaban J connectivity index is 1.86. The van der Waals surface area contributed by atoms with Gasteiger partial charge in [0.2, 0.25) is 0 Å². The van der Waals surface area contributed by atoms with Crippen LogP contribution >= 0.6 is 11.3 Å². The molecule has 1 atom stereocenters. The molecule has 0 saturated heterocycles. The molecule has 0 aliphatic heterocycles. The van der Waals surface area contributed by atoms with Crippen LogP contribution in [-0.4, -0.2) is 23.9 Å². The maximum atomic E-state index is 12.1. The number of nitrogens with one attached hydrogen (secondary N) is 1. The minimum absolute atomic E-state index is 0.290. The van der Waals surface area contributed by atoms with Gasteiger partial charge < -0.3 is 10.4 Å². The number of halogens is 3. The summed E-state index contributed by atoms with van der Waals surface area (Å²) in [5.74, 6) is 0. The second kappa shape index (κ2) is 6.39. The molecule has 2 rings (SSSR count). The van der Waals surface area contributed by atoms with Crippen LogP contribution in [0.5, 0.6) is 0 Å². The minimum atomic E-state index is -4.57. The van der Waals surface area contributed by atoms with Crippen LogP contribution in [0.1, 0.15) is 5.56 Å². The summed E-state index contributed by atoms with van der Waals surface area (Å²) in [5, 5.41) is 13.4. The summed E-state index contributed by atoms with van der Waals surface area (Å²) in [6.07, 6.45) is -6.90. The van der Waals surface area contributed by atoms with Crippen molar-refractivity contribution in [3.63, 3.8) is 0 Å². The molecule has 2 nitrogen and oxygen atoms in total. The van der Waals surface area contributed by atoms with E-state index in [1.165, 1.54) is 0 Å². The third-order valence-corrected chi connectivity index (χ3v) is 3.72. The van der Waals surface area contributed by atoms with Gasteiger partial charge in [-0.3, -0.25) is 0 Å². The minimum Gasteiger partial charge on any atom is -0.382 e. The number of alkyl halides is 3. The van der Waals surface area contributed by atoms with Crippen LogP contribution in [0.2, 0.25) is 0 Å². The van der Waals surface area contributed by atoms with E-state index in [1.807, 2.05) is 41.8 Å². The van der Waals surface area contributed by atoms with Gasteiger partial charge in [-0.05, 0) is 22.6 Å². The summed E-state index contributed by atoms with van der Waals surface area (Å²) in [6.45, 7) is -0.214. The van der Waals surface area contributed by atoms with Crippen molar-refractivity contribution in [3.8, 4) is 10.4 Å². The van der Waals surface area contributed by atoms with E-state index in [1.54, 1.807) is 11.3 Å². The highest BCUT2D eigenvalue weighted by atomic mass is 32.1. The Hall–Kier alpha value is -1.37. The number of benzene rings is 1. The molecule has 1 heterocycles. The number of hydrogen-bond acceptors (Lipinski definition) is 3. The van der Waals surface area contributed by atoms with E-state index in [-0.39, 0.29) is 6.54 Å². The van der Waals surface area contributed by atoms with Crippen molar-refractivity contribution >= 4 is 11.3 Å². The topological polar surface area (TPSA) is 32.3 Å². The first-order chi connectivity index (χ1) is 9.47. The Labute approximate surface area is 118 Å². The normalized spacial score (nSPS) is 13.4. The standard InChI is InChI=1S/C14H14F3NOS/c15-14(16,17)13(19)9-18-8-10-3-5-11(6-4-10)12-2-1-7-20-12/h1-7,13,18-19H,8-9H2. The van der Waals surface area contributed by atoms with Crippen molar-refractivity contribution in [2.24, 2.45) is 0 Å². The first-order valence-electron chi connectivity index (χ1n) is 6.05. The first-order valence-corrected chi connectivity index (χ1v) is 6.93. The molecule has 1 aromatic heterocycles. The van der Waals surface area contributed by atoms with E-state index in [0.29, 0.717) is 0 Å². The zero-order valence-electron chi connectivity index (χ0n) is 10.5. The maximum Gasteiger partial charge on any atom is 0.415 e. The molecule has 1 unspecified atom stereocenters. The molecule has 2 aromatic rings. The second-order valence-corrected chi connectivity index (χ2v) is 5.31. The molecular formula is C14H14F3NOS. The van der Waals surface area contributed by atoms with Crippen LogP contribution in [-0.2, 0) is 6.54 Å². The van der Waals surface area contributed by atoms with E-state index >= 15 is 0 Å². The average molecular weight is 301 g/mol. The Morgan fingerprint density at radius 1 is 1.15 bits per heavy atom. The quantitative estimate of drug-likeness (QED) is 0.887. The second-order valence-electron chi connectivity index (χ2n) is 4.36. The zero-order valence-corrected chi connectivity index (χ0v) is 11.3. The molecule has 0 spiro atoms. The summed E-state index contributed by atoms with van der Waals surface area (Å²) in [6, 6.07) is 11.6. The van der Waals surface area contributed by atoms with Gasteiger partial charge in [-0.25, -0.2) is 0 Å². The SMILES string of the molecule is OC(CNCc1ccc(-c2cccs2)cc1)C(F)(F)F. The summed E-state index contributed by atoms with van der Waals surface area (Å²) in [7, 11) is 0. The molecule has 20 heavy (non-hydrogen) atoms. The van der Waals surface area contributed by atoms with Crippen molar-refractivity contribution in [2.75, 3.05) is 6.54 Å². The molecule has 2 N–H and O–H groups in total. The van der Waals surface area contributed by atoms with E-state index in [0.717, 1.165) is 16.0 Å². The number of aliphatic hydroxyl groups excluding tert-OH is 1. The van der Waals surface area contributed by atoms with Crippen LogP contribution in [0, 0.1) is 0 Å². The third kappa shape index (κ3) is 4.06. The van der Waals surface area contributed by atoms with Crippen LogP contribution in [0.15, 0.2) is 41.8 Å². The monoisotopic (exact) mass is 301 g/mol. The summed E-state index contributed by atoms with van der Waals surface area (Å²) in [5.41, 5.74) is 1.96. The molecule has 0 fully saturated rings. The highest BCUT2D eigenvalue weighted by Gasteiger charge is 2.37. The predicted octanol–water partition coefficient (Wildman–Crippen LogP) is 3.43. The van der Waals surface area contributed by atoms with Gasteiger partial charge in [0, 0.05) is 18.0 Å². The molecule has 1 aromatic carbocycles. The Morgan fingerprint density at radius 2 is 1.85 bits per heavy atom.